The maximum absolute atomic E-state index is 11.8. The molecule has 21 heavy (non-hydrogen) atoms. The minimum Gasteiger partial charge on any atom is -0.477 e. The van der Waals surface area contributed by atoms with Crippen LogP contribution >= 0.6 is 0 Å². The van der Waals surface area contributed by atoms with Crippen LogP contribution in [0.1, 0.15) is 53.1 Å². The van der Waals surface area contributed by atoms with Crippen LogP contribution in [0.4, 0.5) is 0 Å². The van der Waals surface area contributed by atoms with Gasteiger partial charge in [-0.3, -0.25) is 4.79 Å². The van der Waals surface area contributed by atoms with E-state index in [0.717, 1.165) is 12.8 Å². The van der Waals surface area contributed by atoms with E-state index < -0.39 is 5.97 Å². The zero-order valence-electron chi connectivity index (χ0n) is 11.9. The summed E-state index contributed by atoms with van der Waals surface area (Å²) < 4.78 is 5.70. The monoisotopic (exact) mass is 292 g/mol. The van der Waals surface area contributed by atoms with Crippen LogP contribution in [0, 0.1) is 0 Å². The van der Waals surface area contributed by atoms with Crippen molar-refractivity contribution in [2.24, 2.45) is 0 Å². The van der Waals surface area contributed by atoms with Crippen LogP contribution in [-0.4, -0.2) is 41.2 Å². The zero-order valence-corrected chi connectivity index (χ0v) is 11.9. The van der Waals surface area contributed by atoms with Crippen molar-refractivity contribution in [2.75, 3.05) is 13.2 Å². The second kappa shape index (κ2) is 7.73. The second-order valence-corrected chi connectivity index (χ2v) is 5.10. The fraction of sp³-hybridized carbons (Fsp3) is 0.533. The molecule has 0 aromatic carbocycles. The normalized spacial score (nSPS) is 15.6. The number of carboxylic acids is 1. The number of pyridine rings is 1. The largest absolute Gasteiger partial charge is 0.477 e. The van der Waals surface area contributed by atoms with Gasteiger partial charge in [-0.1, -0.05) is 25.3 Å². The van der Waals surface area contributed by atoms with E-state index in [0.29, 0.717) is 19.3 Å². The van der Waals surface area contributed by atoms with Crippen molar-refractivity contribution >= 4 is 11.9 Å². The number of carboxylic acid groups (broad SMARTS) is 1. The molecule has 1 fully saturated rings. The lowest BCUT2D eigenvalue weighted by molar-refractivity contribution is 0.0299. The molecule has 0 radical (unpaired) electrons. The van der Waals surface area contributed by atoms with Crippen LogP contribution in [0.15, 0.2) is 18.2 Å². The summed E-state index contributed by atoms with van der Waals surface area (Å²) in [6, 6.07) is 4.35. The molecule has 1 amide bonds. The quantitative estimate of drug-likeness (QED) is 0.781. The van der Waals surface area contributed by atoms with Gasteiger partial charge in [0.05, 0.1) is 12.7 Å². The molecular formula is C15H20N2O4. The average molecular weight is 292 g/mol. The molecule has 6 heteroatoms. The van der Waals surface area contributed by atoms with Gasteiger partial charge in [0.1, 0.15) is 11.4 Å². The standard InChI is InChI=1S/C15H20N2O4/c18-14(12-7-4-8-13(17-12)15(19)20)16-9-10-21-11-5-2-1-3-6-11/h4,7-8,11H,1-3,5-6,9-10H2,(H,16,18)(H,19,20). The molecular weight excluding hydrogens is 272 g/mol. The number of hydrogen-bond acceptors (Lipinski definition) is 4. The Kier molecular flexibility index (Phi) is 5.68. The highest BCUT2D eigenvalue weighted by Gasteiger charge is 2.14. The van der Waals surface area contributed by atoms with Gasteiger partial charge >= 0.3 is 5.97 Å². The topological polar surface area (TPSA) is 88.5 Å². The maximum atomic E-state index is 11.8. The number of amides is 1. The van der Waals surface area contributed by atoms with E-state index in [1.165, 1.54) is 37.5 Å². The van der Waals surface area contributed by atoms with Gasteiger partial charge in [-0.05, 0) is 25.0 Å². The molecule has 0 unspecified atom stereocenters. The number of hydrogen-bond donors (Lipinski definition) is 2. The molecule has 1 heterocycles. The van der Waals surface area contributed by atoms with Gasteiger partial charge in [-0.25, -0.2) is 9.78 Å². The van der Waals surface area contributed by atoms with Gasteiger partial charge in [-0.2, -0.15) is 0 Å². The second-order valence-electron chi connectivity index (χ2n) is 5.10. The molecule has 2 N–H and O–H groups in total. The number of nitrogens with zero attached hydrogens (tertiary/aromatic N) is 1. The fourth-order valence-corrected chi connectivity index (χ4v) is 2.39. The van der Waals surface area contributed by atoms with Crippen LogP contribution in [0.2, 0.25) is 0 Å². The third-order valence-electron chi connectivity index (χ3n) is 3.49. The van der Waals surface area contributed by atoms with Crippen molar-refractivity contribution in [3.8, 4) is 0 Å². The Morgan fingerprint density at radius 2 is 1.95 bits per heavy atom. The minimum atomic E-state index is -1.15. The van der Waals surface area contributed by atoms with Gasteiger partial charge in [0.2, 0.25) is 0 Å². The highest BCUT2D eigenvalue weighted by atomic mass is 16.5. The number of nitrogens with one attached hydrogen (secondary N) is 1. The first kappa shape index (κ1) is 15.4. The molecule has 1 aliphatic carbocycles. The van der Waals surface area contributed by atoms with Gasteiger partial charge in [0.25, 0.3) is 5.91 Å². The smallest absolute Gasteiger partial charge is 0.354 e. The van der Waals surface area contributed by atoms with E-state index in [-0.39, 0.29) is 17.3 Å². The number of carbonyl (C=O) groups is 2. The molecule has 1 aromatic rings. The molecule has 6 nitrogen and oxygen atoms in total. The number of rotatable bonds is 6. The molecule has 0 atom stereocenters. The highest BCUT2D eigenvalue weighted by Crippen LogP contribution is 2.19. The molecule has 114 valence electrons. The van der Waals surface area contributed by atoms with Crippen molar-refractivity contribution in [1.82, 2.24) is 10.3 Å². The fourth-order valence-electron chi connectivity index (χ4n) is 2.39. The van der Waals surface area contributed by atoms with Gasteiger partial charge in [0.15, 0.2) is 0 Å². The summed E-state index contributed by atoms with van der Waals surface area (Å²) >= 11 is 0. The van der Waals surface area contributed by atoms with Gasteiger partial charge < -0.3 is 15.2 Å². The first-order valence-corrected chi connectivity index (χ1v) is 7.27. The summed E-state index contributed by atoms with van der Waals surface area (Å²) in [5, 5.41) is 11.5. The highest BCUT2D eigenvalue weighted by molar-refractivity contribution is 5.94. The minimum absolute atomic E-state index is 0.104. The predicted octanol–water partition coefficient (Wildman–Crippen LogP) is 1.86. The lowest BCUT2D eigenvalue weighted by Crippen LogP contribution is -2.30. The van der Waals surface area contributed by atoms with E-state index in [1.807, 2.05) is 0 Å². The molecule has 0 bridgehead atoms. The Balaban J connectivity index is 1.74. The lowest BCUT2D eigenvalue weighted by atomic mass is 9.98. The van der Waals surface area contributed by atoms with Crippen molar-refractivity contribution in [3.05, 3.63) is 29.6 Å². The summed E-state index contributed by atoms with van der Waals surface area (Å²) in [5.74, 6) is -1.53. The van der Waals surface area contributed by atoms with Gasteiger partial charge in [0, 0.05) is 6.54 Å². The summed E-state index contributed by atoms with van der Waals surface area (Å²) in [5.41, 5.74) is -0.0336. The number of aromatic carboxylic acids is 1. The molecule has 1 aromatic heterocycles. The molecule has 0 spiro atoms. The number of carbonyl (C=O) groups excluding carboxylic acids is 1. The summed E-state index contributed by atoms with van der Waals surface area (Å²) in [7, 11) is 0. The number of aromatic nitrogens is 1. The Hall–Kier alpha value is -1.95. The van der Waals surface area contributed by atoms with E-state index in [1.54, 1.807) is 0 Å². The third-order valence-corrected chi connectivity index (χ3v) is 3.49. The molecule has 0 saturated heterocycles. The SMILES string of the molecule is O=C(O)c1cccc(C(=O)NCCOC2CCCCC2)n1. The number of ether oxygens (including phenoxy) is 1. The van der Waals surface area contributed by atoms with E-state index in [2.05, 4.69) is 10.3 Å². The van der Waals surface area contributed by atoms with E-state index in [9.17, 15) is 9.59 Å². The van der Waals surface area contributed by atoms with Crippen LogP contribution < -0.4 is 5.32 Å². The lowest BCUT2D eigenvalue weighted by Gasteiger charge is -2.21. The zero-order chi connectivity index (χ0) is 15.1. The van der Waals surface area contributed by atoms with Crippen molar-refractivity contribution in [3.63, 3.8) is 0 Å². The summed E-state index contributed by atoms with van der Waals surface area (Å²) in [4.78, 5) is 26.4. The molecule has 1 saturated carbocycles. The first-order chi connectivity index (χ1) is 10.2. The third kappa shape index (κ3) is 4.82. The Labute approximate surface area is 123 Å². The van der Waals surface area contributed by atoms with Crippen molar-refractivity contribution in [2.45, 2.75) is 38.2 Å². The van der Waals surface area contributed by atoms with Gasteiger partial charge in [-0.15, -0.1) is 0 Å². The summed E-state index contributed by atoms with van der Waals surface area (Å²) in [6.07, 6.45) is 6.20. The summed E-state index contributed by atoms with van der Waals surface area (Å²) in [6.45, 7) is 0.864. The predicted molar refractivity (Wildman–Crippen MR) is 76.4 cm³/mol. The maximum Gasteiger partial charge on any atom is 0.354 e. The molecule has 0 aliphatic heterocycles. The van der Waals surface area contributed by atoms with E-state index in [4.69, 9.17) is 9.84 Å². The molecule has 2 rings (SSSR count). The van der Waals surface area contributed by atoms with Crippen molar-refractivity contribution < 1.29 is 19.4 Å². The van der Waals surface area contributed by atoms with Crippen LogP contribution in [-0.2, 0) is 4.74 Å². The first-order valence-electron chi connectivity index (χ1n) is 7.27. The van der Waals surface area contributed by atoms with Crippen LogP contribution in [0.25, 0.3) is 0 Å². The van der Waals surface area contributed by atoms with Crippen molar-refractivity contribution in [1.29, 1.82) is 0 Å². The molecule has 1 aliphatic rings. The Bertz CT molecular complexity index is 498. The van der Waals surface area contributed by atoms with Crippen LogP contribution in [0.5, 0.6) is 0 Å². The van der Waals surface area contributed by atoms with E-state index >= 15 is 0 Å². The van der Waals surface area contributed by atoms with Crippen LogP contribution in [0.3, 0.4) is 0 Å². The Morgan fingerprint density at radius 3 is 2.67 bits per heavy atom. The Morgan fingerprint density at radius 1 is 1.24 bits per heavy atom. The average Bonchev–Trinajstić information content (AvgIpc) is 2.52.